The van der Waals surface area contributed by atoms with Crippen LogP contribution in [0.2, 0.25) is 0 Å². The van der Waals surface area contributed by atoms with E-state index >= 15 is 0 Å². The largest absolute Gasteiger partial charge is 0.480 e. The van der Waals surface area contributed by atoms with Crippen molar-refractivity contribution in [3.8, 4) is 0 Å². The van der Waals surface area contributed by atoms with Gasteiger partial charge in [-0.15, -0.1) is 0 Å². The third-order valence-electron chi connectivity index (χ3n) is 3.91. The fourth-order valence-electron chi connectivity index (χ4n) is 1.96. The molecule has 0 unspecified atom stereocenters. The maximum absolute atomic E-state index is 13.6. The second kappa shape index (κ2) is 9.89. The molecule has 0 aliphatic carbocycles. The highest BCUT2D eigenvalue weighted by molar-refractivity contribution is 5.68. The fraction of sp³-hybridized carbons (Fsp3) is 0.857. The van der Waals surface area contributed by atoms with Crippen LogP contribution in [0.4, 0.5) is 70.2 Å². The summed E-state index contributed by atoms with van der Waals surface area (Å²) in [5.74, 6) is -67.9. The van der Waals surface area contributed by atoms with Crippen LogP contribution in [0.5, 0.6) is 0 Å². The Morgan fingerprint density at radius 1 is 0.444 bits per heavy atom. The molecule has 0 atom stereocenters. The first-order valence-corrected chi connectivity index (χ1v) is 8.20. The lowest BCUT2D eigenvalue weighted by molar-refractivity contribution is -0.455. The molecule has 2 N–H and O–H groups in total. The van der Waals surface area contributed by atoms with E-state index in [9.17, 15) is 79.8 Å². The number of carboxylic acids is 2. The molecular formula is C14H10F16O6. The van der Waals surface area contributed by atoms with Gasteiger partial charge in [0.2, 0.25) is 0 Å². The molecule has 0 aliphatic rings. The van der Waals surface area contributed by atoms with Gasteiger partial charge in [-0.05, 0) is 0 Å². The first-order valence-electron chi connectivity index (χ1n) is 8.20. The quantitative estimate of drug-likeness (QED) is 0.282. The Kier molecular flexibility index (Phi) is 9.27. The summed E-state index contributed by atoms with van der Waals surface area (Å²) < 4.78 is 223. The lowest BCUT2D eigenvalue weighted by atomic mass is 9.88. The van der Waals surface area contributed by atoms with Gasteiger partial charge in [-0.25, -0.2) is 9.59 Å². The third-order valence-corrected chi connectivity index (χ3v) is 3.91. The van der Waals surface area contributed by atoms with Crippen molar-refractivity contribution < 1.29 is 99.5 Å². The molecular weight excluding hydrogens is 568 g/mol. The minimum absolute atomic E-state index is 1.99. The summed E-state index contributed by atoms with van der Waals surface area (Å²) in [5.41, 5.74) is 0. The van der Waals surface area contributed by atoms with Gasteiger partial charge in [0.25, 0.3) is 0 Å². The standard InChI is InChI=1S/C14H10F16O6/c15-7(16,3-35-1-5(31)32)9(19,20)11(23,24)13(27,28)14(29,30)12(25,26)10(21,22)8(17,18)4-36-2-6(33)34/h1-4H2,(H,31,32)(H,33,34). The molecule has 0 saturated heterocycles. The van der Waals surface area contributed by atoms with E-state index in [0.717, 1.165) is 0 Å². The molecule has 0 rings (SSSR count). The van der Waals surface area contributed by atoms with Crippen LogP contribution in [0, 0.1) is 0 Å². The summed E-state index contributed by atoms with van der Waals surface area (Å²) in [6.07, 6.45) is 0. The summed E-state index contributed by atoms with van der Waals surface area (Å²) in [5, 5.41) is 16.1. The molecule has 0 aromatic rings. The molecule has 0 aliphatic heterocycles. The maximum Gasteiger partial charge on any atom is 0.385 e. The lowest BCUT2D eigenvalue weighted by Gasteiger charge is -2.43. The molecule has 0 heterocycles. The van der Waals surface area contributed by atoms with Crippen LogP contribution < -0.4 is 0 Å². The molecule has 0 aromatic carbocycles. The van der Waals surface area contributed by atoms with Crippen molar-refractivity contribution in [2.45, 2.75) is 47.4 Å². The van der Waals surface area contributed by atoms with Crippen LogP contribution in [0.15, 0.2) is 0 Å². The monoisotopic (exact) mass is 578 g/mol. The number of alkyl halides is 16. The molecule has 0 aromatic heterocycles. The highest BCUT2D eigenvalue weighted by Crippen LogP contribution is 2.63. The van der Waals surface area contributed by atoms with Crippen LogP contribution in [0.3, 0.4) is 0 Å². The number of hydrogen-bond donors (Lipinski definition) is 2. The van der Waals surface area contributed by atoms with E-state index in [2.05, 4.69) is 9.47 Å². The van der Waals surface area contributed by atoms with Crippen LogP contribution in [0.1, 0.15) is 0 Å². The van der Waals surface area contributed by atoms with Crippen molar-refractivity contribution in [1.29, 1.82) is 0 Å². The first-order chi connectivity index (χ1) is 15.6. The molecule has 6 nitrogen and oxygen atoms in total. The molecule has 36 heavy (non-hydrogen) atoms. The zero-order valence-electron chi connectivity index (χ0n) is 16.4. The van der Waals surface area contributed by atoms with E-state index in [1.54, 1.807) is 0 Å². The predicted molar refractivity (Wildman–Crippen MR) is 76.5 cm³/mol. The Labute approximate surface area is 186 Å². The highest BCUT2D eigenvalue weighted by atomic mass is 19.4. The average Bonchev–Trinajstić information content (AvgIpc) is 2.65. The Hall–Kier alpha value is -2.26. The molecule has 0 spiro atoms. The van der Waals surface area contributed by atoms with E-state index in [0.29, 0.717) is 0 Å². The molecule has 214 valence electrons. The first kappa shape index (κ1) is 33.7. The van der Waals surface area contributed by atoms with Gasteiger partial charge in [-0.2, -0.15) is 70.2 Å². The maximum atomic E-state index is 13.6. The SMILES string of the molecule is O=C(O)COCC(F)(F)C(F)(F)C(F)(F)C(F)(F)C(F)(F)C(F)(F)C(F)(F)C(F)(F)COCC(=O)O. The second-order valence-electron chi connectivity index (χ2n) is 6.63. The summed E-state index contributed by atoms with van der Waals surface area (Å²) in [6.45, 7) is -10.5. The number of carbonyl (C=O) groups is 2. The number of ether oxygens (including phenoxy) is 2. The minimum Gasteiger partial charge on any atom is -0.480 e. The molecule has 0 radical (unpaired) electrons. The molecule has 0 fully saturated rings. The number of halogens is 16. The van der Waals surface area contributed by atoms with E-state index in [4.69, 9.17) is 10.2 Å². The van der Waals surface area contributed by atoms with Crippen molar-refractivity contribution >= 4 is 11.9 Å². The predicted octanol–water partition coefficient (Wildman–Crippen LogP) is 4.27. The van der Waals surface area contributed by atoms with E-state index in [-0.39, 0.29) is 0 Å². The minimum atomic E-state index is -8.65. The van der Waals surface area contributed by atoms with Gasteiger partial charge >= 0.3 is 59.3 Å². The fourth-order valence-corrected chi connectivity index (χ4v) is 1.96. The number of rotatable bonds is 15. The Balaban J connectivity index is 6.46. The van der Waals surface area contributed by atoms with E-state index in [1.807, 2.05) is 0 Å². The summed E-state index contributed by atoms with van der Waals surface area (Å²) in [6, 6.07) is 0. The summed E-state index contributed by atoms with van der Waals surface area (Å²) in [4.78, 5) is 20.1. The average molecular weight is 578 g/mol. The van der Waals surface area contributed by atoms with Crippen molar-refractivity contribution in [2.24, 2.45) is 0 Å². The third kappa shape index (κ3) is 5.37. The van der Waals surface area contributed by atoms with Gasteiger partial charge in [-0.3, -0.25) is 0 Å². The van der Waals surface area contributed by atoms with Crippen molar-refractivity contribution in [1.82, 2.24) is 0 Å². The smallest absolute Gasteiger partial charge is 0.385 e. The molecule has 0 bridgehead atoms. The van der Waals surface area contributed by atoms with Crippen LogP contribution in [0.25, 0.3) is 0 Å². The normalized spacial score (nSPS) is 15.2. The Morgan fingerprint density at radius 3 is 0.833 bits per heavy atom. The van der Waals surface area contributed by atoms with Crippen molar-refractivity contribution in [3.63, 3.8) is 0 Å². The molecule has 0 saturated carbocycles. The molecule has 0 amide bonds. The van der Waals surface area contributed by atoms with E-state index in [1.165, 1.54) is 0 Å². The Morgan fingerprint density at radius 2 is 0.639 bits per heavy atom. The Bertz CT molecular complexity index is 745. The van der Waals surface area contributed by atoms with Gasteiger partial charge < -0.3 is 19.7 Å². The number of hydrogen-bond acceptors (Lipinski definition) is 4. The zero-order valence-corrected chi connectivity index (χ0v) is 16.4. The van der Waals surface area contributed by atoms with E-state index < -0.39 is 85.7 Å². The van der Waals surface area contributed by atoms with Crippen molar-refractivity contribution in [3.05, 3.63) is 0 Å². The van der Waals surface area contributed by atoms with Crippen LogP contribution in [-0.2, 0) is 19.1 Å². The molecule has 22 heteroatoms. The second-order valence-corrected chi connectivity index (χ2v) is 6.63. The van der Waals surface area contributed by atoms with Gasteiger partial charge in [0.1, 0.15) is 26.4 Å². The summed E-state index contributed by atoms with van der Waals surface area (Å²) in [7, 11) is 0. The van der Waals surface area contributed by atoms with Gasteiger partial charge in [-0.1, -0.05) is 0 Å². The topological polar surface area (TPSA) is 93.1 Å². The summed E-state index contributed by atoms with van der Waals surface area (Å²) >= 11 is 0. The van der Waals surface area contributed by atoms with Gasteiger partial charge in [0, 0.05) is 0 Å². The highest BCUT2D eigenvalue weighted by Gasteiger charge is 2.94. The lowest BCUT2D eigenvalue weighted by Crippen LogP contribution is -2.75. The van der Waals surface area contributed by atoms with Crippen LogP contribution in [-0.4, -0.2) is 96.0 Å². The zero-order chi connectivity index (χ0) is 29.4. The number of aliphatic carboxylic acids is 2. The van der Waals surface area contributed by atoms with Crippen LogP contribution >= 0.6 is 0 Å². The van der Waals surface area contributed by atoms with Gasteiger partial charge in [0.15, 0.2) is 0 Å². The number of carboxylic acid groups (broad SMARTS) is 2. The van der Waals surface area contributed by atoms with Gasteiger partial charge in [0.05, 0.1) is 0 Å². The van der Waals surface area contributed by atoms with Crippen molar-refractivity contribution in [2.75, 3.05) is 26.4 Å².